The van der Waals surface area contributed by atoms with Crippen molar-refractivity contribution < 1.29 is 24.9 Å². The molecular formula is C22H26ClN3O5. The molecule has 1 amide bonds. The molecule has 5 N–H and O–H groups in total. The smallest absolute Gasteiger partial charge is 0.242 e. The molecule has 166 valence electrons. The van der Waals surface area contributed by atoms with E-state index in [-0.39, 0.29) is 36.5 Å². The molecule has 2 heterocycles. The fraction of sp³-hybridized carbons (Fsp3) is 0.409. The fourth-order valence-corrected chi connectivity index (χ4v) is 4.81. The van der Waals surface area contributed by atoms with Gasteiger partial charge in [0.05, 0.1) is 25.3 Å². The number of aryl methyl sites for hydroxylation is 1. The number of fused-ring (bicyclic) bond motifs is 1. The van der Waals surface area contributed by atoms with E-state index in [0.29, 0.717) is 22.9 Å². The van der Waals surface area contributed by atoms with Gasteiger partial charge < -0.3 is 25.0 Å². The molecule has 2 aromatic rings. The number of phenols is 2. The van der Waals surface area contributed by atoms with Gasteiger partial charge in [0.2, 0.25) is 5.91 Å². The van der Waals surface area contributed by atoms with Crippen LogP contribution in [-0.4, -0.2) is 51.9 Å². The van der Waals surface area contributed by atoms with Crippen LogP contribution in [0.15, 0.2) is 30.3 Å². The highest BCUT2D eigenvalue weighted by Gasteiger charge is 2.55. The minimum Gasteiger partial charge on any atom is -0.508 e. The maximum Gasteiger partial charge on any atom is 0.242 e. The van der Waals surface area contributed by atoms with E-state index in [1.54, 1.807) is 35.2 Å². The van der Waals surface area contributed by atoms with Crippen LogP contribution < -0.4 is 15.6 Å². The minimum absolute atomic E-state index is 0.0161. The van der Waals surface area contributed by atoms with Crippen molar-refractivity contribution in [2.45, 2.75) is 32.0 Å². The molecule has 8 nitrogen and oxygen atoms in total. The summed E-state index contributed by atoms with van der Waals surface area (Å²) >= 11 is 6.33. The number of hydrogen-bond acceptors (Lipinski definition) is 7. The number of hydrogen-bond donors (Lipinski definition) is 5. The number of ether oxygens (including phenoxy) is 1. The number of benzene rings is 2. The molecule has 31 heavy (non-hydrogen) atoms. The molecule has 2 aromatic carbocycles. The van der Waals surface area contributed by atoms with E-state index in [4.69, 9.17) is 16.3 Å². The van der Waals surface area contributed by atoms with Crippen LogP contribution in [-0.2, 0) is 4.79 Å². The summed E-state index contributed by atoms with van der Waals surface area (Å²) in [5, 5.41) is 30.9. The Morgan fingerprint density at radius 2 is 1.87 bits per heavy atom. The lowest BCUT2D eigenvalue weighted by Gasteiger charge is -2.31. The first kappa shape index (κ1) is 21.7. The van der Waals surface area contributed by atoms with Gasteiger partial charge in [-0.05, 0) is 49.2 Å². The first-order valence-electron chi connectivity index (χ1n) is 10.2. The second-order valence-corrected chi connectivity index (χ2v) is 8.25. The third-order valence-corrected chi connectivity index (χ3v) is 6.43. The quantitative estimate of drug-likeness (QED) is 0.461. The molecule has 9 heteroatoms. The Morgan fingerprint density at radius 3 is 2.58 bits per heavy atom. The SMILES string of the molecule is CCOc1cc(C2C3C(NNC3c3cc(Cl)c(C)cc3O)C(=O)N2CCO)ccc1O. The second kappa shape index (κ2) is 8.55. The molecule has 2 fully saturated rings. The molecule has 0 aliphatic carbocycles. The van der Waals surface area contributed by atoms with Gasteiger partial charge in [-0.2, -0.15) is 0 Å². The number of carbonyl (C=O) groups excluding carboxylic acids is 1. The number of nitrogens with one attached hydrogen (secondary N) is 2. The van der Waals surface area contributed by atoms with Crippen LogP contribution in [0, 0.1) is 12.8 Å². The van der Waals surface area contributed by atoms with E-state index >= 15 is 0 Å². The monoisotopic (exact) mass is 447 g/mol. The molecule has 0 bridgehead atoms. The summed E-state index contributed by atoms with van der Waals surface area (Å²) in [5.74, 6) is -0.0150. The zero-order valence-electron chi connectivity index (χ0n) is 17.3. The number of halogens is 1. The lowest BCUT2D eigenvalue weighted by molar-refractivity contribution is -0.131. The molecular weight excluding hydrogens is 422 g/mol. The Labute approximate surface area is 185 Å². The van der Waals surface area contributed by atoms with Crippen molar-refractivity contribution in [1.82, 2.24) is 15.8 Å². The van der Waals surface area contributed by atoms with E-state index in [1.807, 2.05) is 13.8 Å². The molecule has 0 aromatic heterocycles. The summed E-state index contributed by atoms with van der Waals surface area (Å²) in [6.07, 6.45) is 0. The number of β-amino-alcohol motifs (C(OH)–C–C–N with tert-alkyl or cyclic N) is 1. The third-order valence-electron chi connectivity index (χ3n) is 6.02. The highest BCUT2D eigenvalue weighted by molar-refractivity contribution is 6.31. The van der Waals surface area contributed by atoms with Crippen LogP contribution in [0.25, 0.3) is 0 Å². The first-order chi connectivity index (χ1) is 14.9. The number of aromatic hydroxyl groups is 2. The summed E-state index contributed by atoms with van der Waals surface area (Å²) in [5.41, 5.74) is 8.32. The summed E-state index contributed by atoms with van der Waals surface area (Å²) in [4.78, 5) is 14.8. The number of phenolic OH excluding ortho intramolecular Hbond substituents is 2. The van der Waals surface area contributed by atoms with Gasteiger partial charge in [0.1, 0.15) is 11.8 Å². The van der Waals surface area contributed by atoms with Gasteiger partial charge in [0, 0.05) is 23.0 Å². The Hall–Kier alpha value is -2.52. The zero-order valence-corrected chi connectivity index (χ0v) is 18.1. The third kappa shape index (κ3) is 3.70. The molecule has 4 atom stereocenters. The van der Waals surface area contributed by atoms with Crippen molar-refractivity contribution in [3.05, 3.63) is 52.0 Å². The number of aliphatic hydroxyl groups excluding tert-OH is 1. The van der Waals surface area contributed by atoms with E-state index in [2.05, 4.69) is 10.9 Å². The highest BCUT2D eigenvalue weighted by Crippen LogP contribution is 2.49. The average molecular weight is 448 g/mol. The van der Waals surface area contributed by atoms with Gasteiger partial charge in [-0.25, -0.2) is 10.9 Å². The fourth-order valence-electron chi connectivity index (χ4n) is 4.64. The molecule has 4 rings (SSSR count). The van der Waals surface area contributed by atoms with E-state index in [0.717, 1.165) is 11.1 Å². The summed E-state index contributed by atoms with van der Waals surface area (Å²) in [7, 11) is 0. The van der Waals surface area contributed by atoms with Gasteiger partial charge in [0.25, 0.3) is 0 Å². The number of aliphatic hydroxyl groups is 1. The van der Waals surface area contributed by atoms with E-state index in [9.17, 15) is 20.1 Å². The van der Waals surface area contributed by atoms with Crippen molar-refractivity contribution >= 4 is 17.5 Å². The molecule has 0 radical (unpaired) electrons. The summed E-state index contributed by atoms with van der Waals surface area (Å²) in [6.45, 7) is 4.00. The summed E-state index contributed by atoms with van der Waals surface area (Å²) < 4.78 is 5.54. The number of rotatable bonds is 6. The predicted octanol–water partition coefficient (Wildman–Crippen LogP) is 2.17. The maximum absolute atomic E-state index is 13.2. The number of hydrazine groups is 1. The van der Waals surface area contributed by atoms with Crippen molar-refractivity contribution in [3.8, 4) is 17.2 Å². The Morgan fingerprint density at radius 1 is 1.13 bits per heavy atom. The van der Waals surface area contributed by atoms with Crippen LogP contribution in [0.5, 0.6) is 17.2 Å². The number of nitrogens with zero attached hydrogens (tertiary/aromatic N) is 1. The molecule has 0 spiro atoms. The van der Waals surface area contributed by atoms with E-state index < -0.39 is 18.1 Å². The summed E-state index contributed by atoms with van der Waals surface area (Å²) in [6, 6.07) is 6.96. The van der Waals surface area contributed by atoms with E-state index in [1.165, 1.54) is 0 Å². The first-order valence-corrected chi connectivity index (χ1v) is 10.6. The second-order valence-electron chi connectivity index (χ2n) is 7.84. The average Bonchev–Trinajstić information content (AvgIpc) is 3.27. The minimum atomic E-state index is -0.551. The van der Waals surface area contributed by atoms with Gasteiger partial charge in [0.15, 0.2) is 11.5 Å². The van der Waals surface area contributed by atoms with Crippen molar-refractivity contribution in [2.24, 2.45) is 5.92 Å². The predicted molar refractivity (Wildman–Crippen MR) is 115 cm³/mol. The van der Waals surface area contributed by atoms with Gasteiger partial charge >= 0.3 is 0 Å². The topological polar surface area (TPSA) is 114 Å². The maximum atomic E-state index is 13.2. The normalized spacial score (nSPS) is 25.2. The molecule has 2 saturated heterocycles. The van der Waals surface area contributed by atoms with Gasteiger partial charge in [-0.3, -0.25) is 4.79 Å². The van der Waals surface area contributed by atoms with Crippen LogP contribution >= 0.6 is 11.6 Å². The van der Waals surface area contributed by atoms with Gasteiger partial charge in [-0.15, -0.1) is 0 Å². The molecule has 2 aliphatic rings. The molecule has 0 saturated carbocycles. The van der Waals surface area contributed by atoms with Gasteiger partial charge in [-0.1, -0.05) is 17.7 Å². The zero-order chi connectivity index (χ0) is 22.3. The Balaban J connectivity index is 1.80. The lowest BCUT2D eigenvalue weighted by atomic mass is 9.83. The lowest BCUT2D eigenvalue weighted by Crippen LogP contribution is -2.42. The van der Waals surface area contributed by atoms with Crippen molar-refractivity contribution in [2.75, 3.05) is 19.8 Å². The van der Waals surface area contributed by atoms with Crippen LogP contribution in [0.2, 0.25) is 5.02 Å². The molecule has 4 unspecified atom stereocenters. The van der Waals surface area contributed by atoms with Crippen LogP contribution in [0.3, 0.4) is 0 Å². The highest BCUT2D eigenvalue weighted by atomic mass is 35.5. The van der Waals surface area contributed by atoms with Crippen LogP contribution in [0.4, 0.5) is 0 Å². The number of amides is 1. The van der Waals surface area contributed by atoms with Crippen molar-refractivity contribution in [1.29, 1.82) is 0 Å². The Kier molecular flexibility index (Phi) is 5.98. The Bertz CT molecular complexity index is 1000. The number of carbonyl (C=O) groups is 1. The molecule has 2 aliphatic heterocycles. The number of likely N-dealkylation sites (tertiary alicyclic amines) is 1. The largest absolute Gasteiger partial charge is 0.508 e. The van der Waals surface area contributed by atoms with Crippen LogP contribution in [0.1, 0.15) is 35.7 Å². The van der Waals surface area contributed by atoms with Crippen molar-refractivity contribution in [3.63, 3.8) is 0 Å². The standard InChI is InChI=1S/C22H26ClN3O5/c1-3-31-17-9-12(4-5-15(17)28)21-18-19(13-10-14(23)11(2)8-16(13)29)24-25-20(18)22(30)26(21)6-7-27/h4-5,8-10,18-21,24-25,27-29H,3,6-7H2,1-2H3.